The lowest BCUT2D eigenvalue weighted by Crippen LogP contribution is -2.21. The largest absolute Gasteiger partial charge is 0.452 e. The maximum atomic E-state index is 11.4. The van der Waals surface area contributed by atoms with Crippen LogP contribution in [0.3, 0.4) is 0 Å². The lowest BCUT2D eigenvalue weighted by Gasteiger charge is -2.16. The van der Waals surface area contributed by atoms with Crippen LogP contribution in [0.4, 0.5) is 16.2 Å². The van der Waals surface area contributed by atoms with Crippen LogP contribution in [0.2, 0.25) is 0 Å². The van der Waals surface area contributed by atoms with Crippen molar-refractivity contribution in [3.63, 3.8) is 0 Å². The molecular weight excluding hydrogens is 246 g/mol. The number of hydrogen-bond donors (Lipinski definition) is 1. The Morgan fingerprint density at radius 3 is 2.42 bits per heavy atom. The van der Waals surface area contributed by atoms with Crippen LogP contribution >= 0.6 is 0 Å². The number of ether oxygens (including phenoxy) is 1. The number of para-hydroxylation sites is 1. The van der Waals surface area contributed by atoms with E-state index in [1.807, 2.05) is 0 Å². The van der Waals surface area contributed by atoms with Crippen LogP contribution in [0.5, 0.6) is 0 Å². The summed E-state index contributed by atoms with van der Waals surface area (Å²) in [7, 11) is 0. The molecule has 0 aliphatic carbocycles. The van der Waals surface area contributed by atoms with Gasteiger partial charge in [0.25, 0.3) is 0 Å². The van der Waals surface area contributed by atoms with Crippen molar-refractivity contribution in [2.24, 2.45) is 10.2 Å². The van der Waals surface area contributed by atoms with Gasteiger partial charge in [0.05, 0.1) is 5.69 Å². The Kier molecular flexibility index (Phi) is 4.74. The minimum Gasteiger partial charge on any atom is -0.441 e. The van der Waals surface area contributed by atoms with E-state index in [1.165, 1.54) is 6.92 Å². The molecule has 0 bridgehead atoms. The number of benzene rings is 1. The van der Waals surface area contributed by atoms with Crippen LogP contribution in [0, 0.1) is 0 Å². The summed E-state index contributed by atoms with van der Waals surface area (Å²) in [5, 5.41) is 9.84. The number of nitrogens with zero attached hydrogens (tertiary/aromatic N) is 2. The maximum absolute atomic E-state index is 11.4. The zero-order chi connectivity index (χ0) is 14.5. The van der Waals surface area contributed by atoms with E-state index in [4.69, 9.17) is 4.74 Å². The summed E-state index contributed by atoms with van der Waals surface area (Å²) in [5.41, 5.74) is 0.263. The second-order valence-electron chi connectivity index (χ2n) is 4.88. The fourth-order valence-electron chi connectivity index (χ4n) is 1.23. The van der Waals surface area contributed by atoms with Crippen molar-refractivity contribution < 1.29 is 14.3 Å². The van der Waals surface area contributed by atoms with Gasteiger partial charge in [-0.2, -0.15) is 0 Å². The molecule has 0 aliphatic heterocycles. The molecule has 0 aliphatic rings. The molecule has 1 aromatic carbocycles. The molecule has 0 radical (unpaired) electrons. The second kappa shape index (κ2) is 6.08. The Bertz CT molecular complexity index is 504. The van der Waals surface area contributed by atoms with Crippen molar-refractivity contribution in [2.45, 2.75) is 33.3 Å². The molecule has 2 amide bonds. The van der Waals surface area contributed by atoms with Crippen LogP contribution in [-0.2, 0) is 9.53 Å². The van der Waals surface area contributed by atoms with Gasteiger partial charge in [-0.25, -0.2) is 4.79 Å². The molecule has 0 aromatic heterocycles. The predicted octanol–water partition coefficient (Wildman–Crippen LogP) is 3.66. The number of azo groups is 1. The normalized spacial score (nSPS) is 11.4. The van der Waals surface area contributed by atoms with Crippen LogP contribution in [-0.4, -0.2) is 17.6 Å². The fraction of sp³-hybridized carbons (Fsp3) is 0.385. The van der Waals surface area contributed by atoms with Gasteiger partial charge in [-0.05, 0) is 32.9 Å². The van der Waals surface area contributed by atoms with E-state index in [9.17, 15) is 9.59 Å². The minimum atomic E-state index is -0.773. The highest BCUT2D eigenvalue weighted by molar-refractivity contribution is 5.91. The summed E-state index contributed by atoms with van der Waals surface area (Å²) < 4.78 is 4.99. The molecule has 6 heteroatoms. The lowest BCUT2D eigenvalue weighted by molar-refractivity contribution is -0.114. The number of anilines is 1. The standard InChI is InChI=1S/C13H17N3O3/c1-9(17)14-10-7-5-6-8-11(10)15-16-12(18)19-13(2,3)4/h5-8H,1-4H3,(H,14,17). The summed E-state index contributed by atoms with van der Waals surface area (Å²) in [4.78, 5) is 22.4. The van der Waals surface area contributed by atoms with Gasteiger partial charge in [0.15, 0.2) is 0 Å². The molecule has 0 heterocycles. The number of carbonyl (C=O) groups is 2. The van der Waals surface area contributed by atoms with Crippen molar-refractivity contribution in [3.05, 3.63) is 24.3 Å². The molecule has 1 rings (SSSR count). The Morgan fingerprint density at radius 1 is 1.21 bits per heavy atom. The number of nitrogens with one attached hydrogen (secondary N) is 1. The molecule has 0 saturated carbocycles. The third kappa shape index (κ3) is 5.76. The molecule has 1 N–H and O–H groups in total. The van der Waals surface area contributed by atoms with Crippen LogP contribution in [0.1, 0.15) is 27.7 Å². The molecule has 0 saturated heterocycles. The quantitative estimate of drug-likeness (QED) is 0.827. The molecule has 1 aromatic rings. The Hall–Kier alpha value is -2.24. The first kappa shape index (κ1) is 14.8. The first-order chi connectivity index (χ1) is 8.78. The molecule has 6 nitrogen and oxygen atoms in total. The van der Waals surface area contributed by atoms with Crippen molar-refractivity contribution in [3.8, 4) is 0 Å². The van der Waals surface area contributed by atoms with E-state index >= 15 is 0 Å². The van der Waals surface area contributed by atoms with Gasteiger partial charge >= 0.3 is 6.09 Å². The number of carbonyl (C=O) groups excluding carboxylic acids is 2. The third-order valence-electron chi connectivity index (χ3n) is 1.85. The number of hydrogen-bond acceptors (Lipinski definition) is 4. The molecule has 0 spiro atoms. The smallest absolute Gasteiger partial charge is 0.441 e. The van der Waals surface area contributed by atoms with Crippen molar-refractivity contribution in [1.82, 2.24) is 0 Å². The van der Waals surface area contributed by atoms with Gasteiger partial charge in [0.1, 0.15) is 11.3 Å². The summed E-state index contributed by atoms with van der Waals surface area (Å²) in [6, 6.07) is 6.79. The lowest BCUT2D eigenvalue weighted by atomic mass is 10.2. The molecule has 102 valence electrons. The van der Waals surface area contributed by atoms with Crippen molar-refractivity contribution in [1.29, 1.82) is 0 Å². The van der Waals surface area contributed by atoms with Crippen molar-refractivity contribution in [2.75, 3.05) is 5.32 Å². The van der Waals surface area contributed by atoms with Gasteiger partial charge in [0, 0.05) is 6.92 Å². The van der Waals surface area contributed by atoms with Crippen LogP contribution in [0.15, 0.2) is 34.5 Å². The summed E-state index contributed by atoms with van der Waals surface area (Å²) in [6.45, 7) is 6.62. The predicted molar refractivity (Wildman–Crippen MR) is 71.5 cm³/mol. The molecule has 0 atom stereocenters. The average molecular weight is 263 g/mol. The zero-order valence-electron chi connectivity index (χ0n) is 11.4. The Balaban J connectivity index is 2.81. The molecule has 19 heavy (non-hydrogen) atoms. The van der Waals surface area contributed by atoms with E-state index in [0.717, 1.165) is 0 Å². The van der Waals surface area contributed by atoms with Crippen LogP contribution in [0.25, 0.3) is 0 Å². The summed E-state index contributed by atoms with van der Waals surface area (Å²) >= 11 is 0. The average Bonchev–Trinajstić information content (AvgIpc) is 2.24. The molecule has 0 unspecified atom stereocenters. The van der Waals surface area contributed by atoms with Gasteiger partial charge in [-0.15, -0.1) is 5.11 Å². The zero-order valence-corrected chi connectivity index (χ0v) is 11.4. The van der Waals surface area contributed by atoms with E-state index in [1.54, 1.807) is 45.0 Å². The van der Waals surface area contributed by atoms with Gasteiger partial charge < -0.3 is 10.1 Å². The highest BCUT2D eigenvalue weighted by Crippen LogP contribution is 2.24. The third-order valence-corrected chi connectivity index (χ3v) is 1.85. The molecule has 0 fully saturated rings. The first-order valence-electron chi connectivity index (χ1n) is 5.79. The Labute approximate surface area is 111 Å². The van der Waals surface area contributed by atoms with Gasteiger partial charge in [-0.3, -0.25) is 4.79 Å². The van der Waals surface area contributed by atoms with Gasteiger partial charge in [-0.1, -0.05) is 17.2 Å². The molecular formula is C13H17N3O3. The van der Waals surface area contributed by atoms with Crippen LogP contribution < -0.4 is 5.32 Å². The van der Waals surface area contributed by atoms with E-state index in [-0.39, 0.29) is 5.91 Å². The van der Waals surface area contributed by atoms with E-state index in [2.05, 4.69) is 15.5 Å². The summed E-state index contributed by atoms with van der Waals surface area (Å²) in [5.74, 6) is -0.222. The minimum absolute atomic E-state index is 0.222. The highest BCUT2D eigenvalue weighted by Gasteiger charge is 2.15. The number of amides is 2. The van der Waals surface area contributed by atoms with Crippen molar-refractivity contribution >= 4 is 23.4 Å². The Morgan fingerprint density at radius 2 is 1.84 bits per heavy atom. The maximum Gasteiger partial charge on any atom is 0.452 e. The summed E-state index contributed by atoms with van der Waals surface area (Å²) in [6.07, 6.45) is -0.773. The first-order valence-corrected chi connectivity index (χ1v) is 5.79. The van der Waals surface area contributed by atoms with E-state index < -0.39 is 11.7 Å². The topological polar surface area (TPSA) is 80.1 Å². The monoisotopic (exact) mass is 263 g/mol. The fourth-order valence-corrected chi connectivity index (χ4v) is 1.23. The van der Waals surface area contributed by atoms with Gasteiger partial charge in [0.2, 0.25) is 5.91 Å². The SMILES string of the molecule is CC(=O)Nc1ccccc1N=NC(=O)OC(C)(C)C. The number of rotatable bonds is 2. The van der Waals surface area contributed by atoms with E-state index in [0.29, 0.717) is 11.4 Å². The second-order valence-corrected chi connectivity index (χ2v) is 4.88. The highest BCUT2D eigenvalue weighted by atomic mass is 16.6.